The molecule has 4 rings (SSSR count). The SMILES string of the molecule is CC(=O)c1ccc(F)c(C2=C(c3c(C)[nH]c4ccccc34)C(=O)N(C)C2=O)c1. The number of para-hydroxylation sites is 1. The molecule has 0 radical (unpaired) electrons. The summed E-state index contributed by atoms with van der Waals surface area (Å²) in [4.78, 5) is 41.8. The number of H-pyrrole nitrogens is 1. The maximum atomic E-state index is 14.7. The summed E-state index contributed by atoms with van der Waals surface area (Å²) in [7, 11) is 1.37. The molecule has 1 aromatic heterocycles. The van der Waals surface area contributed by atoms with Crippen molar-refractivity contribution in [2.24, 2.45) is 0 Å². The number of Topliss-reactive ketones (excluding diaryl/α,β-unsaturated/α-hetero) is 1. The predicted molar refractivity (Wildman–Crippen MR) is 104 cm³/mol. The topological polar surface area (TPSA) is 70.2 Å². The lowest BCUT2D eigenvalue weighted by atomic mass is 9.93. The van der Waals surface area contributed by atoms with Crippen molar-refractivity contribution in [3.63, 3.8) is 0 Å². The molecular weight excluding hydrogens is 359 g/mol. The summed E-state index contributed by atoms with van der Waals surface area (Å²) in [6.45, 7) is 3.17. The first-order chi connectivity index (χ1) is 13.3. The van der Waals surface area contributed by atoms with E-state index in [1.165, 1.54) is 26.1 Å². The number of hydrogen-bond donors (Lipinski definition) is 1. The molecule has 3 aromatic rings. The van der Waals surface area contributed by atoms with Crippen molar-refractivity contribution < 1.29 is 18.8 Å². The Hall–Kier alpha value is -3.54. The normalized spacial score (nSPS) is 14.5. The Labute approximate surface area is 160 Å². The van der Waals surface area contributed by atoms with Gasteiger partial charge in [0.05, 0.1) is 11.1 Å². The molecule has 0 aliphatic carbocycles. The molecule has 6 heteroatoms. The molecule has 0 bridgehead atoms. The van der Waals surface area contributed by atoms with Gasteiger partial charge < -0.3 is 4.98 Å². The molecule has 2 aromatic carbocycles. The Morgan fingerprint density at radius 2 is 1.71 bits per heavy atom. The van der Waals surface area contributed by atoms with E-state index in [1.54, 1.807) is 6.92 Å². The van der Waals surface area contributed by atoms with E-state index in [1.807, 2.05) is 24.3 Å². The first-order valence-corrected chi connectivity index (χ1v) is 8.76. The smallest absolute Gasteiger partial charge is 0.262 e. The van der Waals surface area contributed by atoms with Gasteiger partial charge in [-0.1, -0.05) is 18.2 Å². The van der Waals surface area contributed by atoms with Crippen LogP contribution in [0.4, 0.5) is 4.39 Å². The van der Waals surface area contributed by atoms with Gasteiger partial charge in [-0.3, -0.25) is 19.3 Å². The van der Waals surface area contributed by atoms with E-state index in [-0.39, 0.29) is 28.1 Å². The van der Waals surface area contributed by atoms with Crippen LogP contribution in [0.5, 0.6) is 0 Å². The molecule has 28 heavy (non-hydrogen) atoms. The number of carbonyl (C=O) groups is 3. The fourth-order valence-corrected chi connectivity index (χ4v) is 3.66. The summed E-state index contributed by atoms with van der Waals surface area (Å²) < 4.78 is 14.7. The maximum Gasteiger partial charge on any atom is 0.262 e. The monoisotopic (exact) mass is 376 g/mol. The van der Waals surface area contributed by atoms with E-state index < -0.39 is 17.6 Å². The number of nitrogens with zero attached hydrogens (tertiary/aromatic N) is 1. The van der Waals surface area contributed by atoms with Gasteiger partial charge in [0, 0.05) is 40.3 Å². The van der Waals surface area contributed by atoms with Gasteiger partial charge in [-0.25, -0.2) is 4.39 Å². The van der Waals surface area contributed by atoms with E-state index in [2.05, 4.69) is 4.98 Å². The van der Waals surface area contributed by atoms with Crippen LogP contribution in [0, 0.1) is 12.7 Å². The molecule has 0 saturated heterocycles. The lowest BCUT2D eigenvalue weighted by Gasteiger charge is -2.08. The van der Waals surface area contributed by atoms with Gasteiger partial charge in [0.2, 0.25) is 0 Å². The second-order valence-corrected chi connectivity index (χ2v) is 6.84. The zero-order valence-corrected chi connectivity index (χ0v) is 15.6. The number of benzene rings is 2. The number of amides is 2. The zero-order valence-electron chi connectivity index (χ0n) is 15.6. The quantitative estimate of drug-likeness (QED) is 0.559. The third-order valence-electron chi connectivity index (χ3n) is 5.07. The van der Waals surface area contributed by atoms with Crippen LogP contribution >= 0.6 is 0 Å². The van der Waals surface area contributed by atoms with Crippen LogP contribution in [0.1, 0.15) is 34.1 Å². The standard InChI is InChI=1S/C22H17FN2O3/c1-11-18(14-6-4-5-7-17(14)24-11)20-19(21(27)25(3)22(20)28)15-10-13(12(2)26)8-9-16(15)23/h4-10,24H,1-3H3. The Morgan fingerprint density at radius 3 is 2.43 bits per heavy atom. The summed E-state index contributed by atoms with van der Waals surface area (Å²) in [5.74, 6) is -2.01. The van der Waals surface area contributed by atoms with Crippen molar-refractivity contribution in [3.05, 3.63) is 70.7 Å². The van der Waals surface area contributed by atoms with Gasteiger partial charge in [-0.15, -0.1) is 0 Å². The lowest BCUT2D eigenvalue weighted by molar-refractivity contribution is -0.134. The molecule has 1 N–H and O–H groups in total. The van der Waals surface area contributed by atoms with E-state index >= 15 is 0 Å². The summed E-state index contributed by atoms with van der Waals surface area (Å²) in [5, 5.41) is 0.770. The Balaban J connectivity index is 2.10. The van der Waals surface area contributed by atoms with Gasteiger partial charge in [-0.2, -0.15) is 0 Å². The largest absolute Gasteiger partial charge is 0.358 e. The second kappa shape index (κ2) is 6.27. The van der Waals surface area contributed by atoms with Gasteiger partial charge in [0.15, 0.2) is 5.78 Å². The number of hydrogen-bond acceptors (Lipinski definition) is 3. The van der Waals surface area contributed by atoms with Gasteiger partial charge in [-0.05, 0) is 38.1 Å². The van der Waals surface area contributed by atoms with Gasteiger partial charge in [0.25, 0.3) is 11.8 Å². The van der Waals surface area contributed by atoms with Crippen LogP contribution in [0.3, 0.4) is 0 Å². The maximum absolute atomic E-state index is 14.7. The summed E-state index contributed by atoms with van der Waals surface area (Å²) in [5.41, 5.74) is 2.43. The molecule has 0 fully saturated rings. The number of nitrogens with one attached hydrogen (secondary N) is 1. The fourth-order valence-electron chi connectivity index (χ4n) is 3.66. The number of aryl methyl sites for hydroxylation is 1. The summed E-state index contributed by atoms with van der Waals surface area (Å²) >= 11 is 0. The van der Waals surface area contributed by atoms with Gasteiger partial charge >= 0.3 is 0 Å². The molecular formula is C22H17FN2O3. The number of aromatic nitrogens is 1. The van der Waals surface area contributed by atoms with Crippen molar-refractivity contribution in [1.29, 1.82) is 0 Å². The van der Waals surface area contributed by atoms with Crippen LogP contribution < -0.4 is 0 Å². The highest BCUT2D eigenvalue weighted by Crippen LogP contribution is 2.40. The number of ketones is 1. The van der Waals surface area contributed by atoms with Gasteiger partial charge in [0.1, 0.15) is 5.82 Å². The third-order valence-corrected chi connectivity index (χ3v) is 5.07. The van der Waals surface area contributed by atoms with Crippen LogP contribution in [0.2, 0.25) is 0 Å². The molecule has 0 spiro atoms. The van der Waals surface area contributed by atoms with E-state index in [0.29, 0.717) is 11.3 Å². The fraction of sp³-hybridized carbons (Fsp3) is 0.136. The number of likely N-dealkylation sites (N-methyl/N-ethyl adjacent to an activating group) is 1. The Kier molecular flexibility index (Phi) is 4.00. The second-order valence-electron chi connectivity index (χ2n) is 6.84. The highest BCUT2D eigenvalue weighted by molar-refractivity contribution is 6.50. The molecule has 0 atom stereocenters. The summed E-state index contributed by atoms with van der Waals surface area (Å²) in [6.07, 6.45) is 0. The average Bonchev–Trinajstić information content (AvgIpc) is 3.10. The van der Waals surface area contributed by atoms with Crippen LogP contribution in [0.25, 0.3) is 22.0 Å². The minimum atomic E-state index is -0.661. The molecule has 2 amide bonds. The van der Waals surface area contributed by atoms with Crippen molar-refractivity contribution in [3.8, 4) is 0 Å². The molecule has 5 nitrogen and oxygen atoms in total. The minimum absolute atomic E-state index is 0.0269. The predicted octanol–water partition coefficient (Wildman–Crippen LogP) is 3.73. The molecule has 0 unspecified atom stereocenters. The number of rotatable bonds is 3. The van der Waals surface area contributed by atoms with Crippen LogP contribution in [-0.2, 0) is 9.59 Å². The average molecular weight is 376 g/mol. The first-order valence-electron chi connectivity index (χ1n) is 8.76. The van der Waals surface area contributed by atoms with E-state index in [9.17, 15) is 18.8 Å². The van der Waals surface area contributed by atoms with Crippen molar-refractivity contribution >= 4 is 39.6 Å². The van der Waals surface area contributed by atoms with Crippen molar-refractivity contribution in [1.82, 2.24) is 9.88 Å². The Bertz CT molecular complexity index is 1220. The molecule has 0 saturated carbocycles. The van der Waals surface area contributed by atoms with Crippen molar-refractivity contribution in [2.75, 3.05) is 7.05 Å². The number of aromatic amines is 1. The number of halogens is 1. The van der Waals surface area contributed by atoms with E-state index in [0.717, 1.165) is 21.9 Å². The molecule has 140 valence electrons. The molecule has 1 aliphatic rings. The third kappa shape index (κ3) is 2.49. The van der Waals surface area contributed by atoms with Crippen LogP contribution in [0.15, 0.2) is 42.5 Å². The highest BCUT2D eigenvalue weighted by Gasteiger charge is 2.40. The number of carbonyl (C=O) groups excluding carboxylic acids is 3. The molecule has 2 heterocycles. The minimum Gasteiger partial charge on any atom is -0.358 e. The van der Waals surface area contributed by atoms with Crippen LogP contribution in [-0.4, -0.2) is 34.5 Å². The van der Waals surface area contributed by atoms with E-state index in [4.69, 9.17) is 0 Å². The lowest BCUT2D eigenvalue weighted by Crippen LogP contribution is -2.26. The number of imide groups is 1. The van der Waals surface area contributed by atoms with Crippen molar-refractivity contribution in [2.45, 2.75) is 13.8 Å². The zero-order chi connectivity index (χ0) is 20.2. The highest BCUT2D eigenvalue weighted by atomic mass is 19.1. The Morgan fingerprint density at radius 1 is 1.04 bits per heavy atom. The molecule has 1 aliphatic heterocycles. The summed E-state index contributed by atoms with van der Waals surface area (Å²) in [6, 6.07) is 11.3. The number of fused-ring (bicyclic) bond motifs is 1. The first kappa shape index (κ1) is 17.9.